The fourth-order valence-corrected chi connectivity index (χ4v) is 5.50. The van der Waals surface area contributed by atoms with Crippen LogP contribution in [0.1, 0.15) is 36.2 Å². The van der Waals surface area contributed by atoms with E-state index in [0.29, 0.717) is 18.5 Å². The lowest BCUT2D eigenvalue weighted by Gasteiger charge is -2.29. The fraction of sp³-hybridized carbons (Fsp3) is 0.500. The van der Waals surface area contributed by atoms with Gasteiger partial charge in [0.25, 0.3) is 5.91 Å². The normalized spacial score (nSPS) is 21.0. The Morgan fingerprint density at radius 1 is 1.29 bits per heavy atom. The number of carbonyl (C=O) groups excluding carboxylic acids is 4. The van der Waals surface area contributed by atoms with Gasteiger partial charge in [-0.1, -0.05) is 18.2 Å². The third-order valence-electron chi connectivity index (χ3n) is 5.41. The van der Waals surface area contributed by atoms with Gasteiger partial charge in [-0.15, -0.1) is 0 Å². The van der Waals surface area contributed by atoms with Crippen molar-refractivity contribution in [1.82, 2.24) is 15.1 Å². The van der Waals surface area contributed by atoms with Crippen LogP contribution in [0.5, 0.6) is 0 Å². The molecular weight excluding hydrogens is 426 g/mol. The lowest BCUT2D eigenvalue weighted by atomic mass is 10.1. The number of hydrogen-bond acceptors (Lipinski definition) is 7. The van der Waals surface area contributed by atoms with Crippen molar-refractivity contribution in [1.29, 1.82) is 0 Å². The van der Waals surface area contributed by atoms with Crippen LogP contribution in [0.2, 0.25) is 0 Å². The number of carbonyl (C=O) groups is 4. The lowest BCUT2D eigenvalue weighted by molar-refractivity contribution is -0.141. The van der Waals surface area contributed by atoms with Crippen LogP contribution in [-0.2, 0) is 30.7 Å². The third kappa shape index (κ3) is 5.04. The molecule has 3 rings (SSSR count). The van der Waals surface area contributed by atoms with E-state index in [2.05, 4.69) is 5.32 Å². The zero-order valence-corrected chi connectivity index (χ0v) is 18.2. The van der Waals surface area contributed by atoms with Crippen molar-refractivity contribution in [2.24, 2.45) is 0 Å². The van der Waals surface area contributed by atoms with Gasteiger partial charge in [0, 0.05) is 12.6 Å². The predicted octanol–water partition coefficient (Wildman–Crippen LogP) is 0.319. The van der Waals surface area contributed by atoms with Gasteiger partial charge in [-0.05, 0) is 31.9 Å². The van der Waals surface area contributed by atoms with Crippen molar-refractivity contribution in [2.45, 2.75) is 39.0 Å². The molecule has 0 radical (unpaired) electrons. The van der Waals surface area contributed by atoms with E-state index >= 15 is 0 Å². The van der Waals surface area contributed by atoms with Crippen molar-refractivity contribution in [3.05, 3.63) is 35.4 Å². The lowest BCUT2D eigenvalue weighted by Crippen LogP contribution is -2.46. The minimum Gasteiger partial charge on any atom is -0.449 e. The van der Waals surface area contributed by atoms with Crippen LogP contribution in [0, 0.1) is 0 Å². The molecule has 168 valence electrons. The number of sulfone groups is 1. The fourth-order valence-electron chi connectivity index (χ4n) is 3.77. The number of nitrogens with one attached hydrogen (secondary N) is 1. The van der Waals surface area contributed by atoms with Crippen LogP contribution in [0.4, 0.5) is 4.79 Å². The number of hydrogen-bond donors (Lipinski definition) is 1. The number of amides is 4. The molecule has 0 aliphatic carbocycles. The Morgan fingerprint density at radius 3 is 2.58 bits per heavy atom. The van der Waals surface area contributed by atoms with Crippen molar-refractivity contribution in [3.8, 4) is 0 Å². The van der Waals surface area contributed by atoms with Crippen molar-refractivity contribution in [3.63, 3.8) is 0 Å². The SMILES string of the molecule is CCN(C(=O)C(C)OC(=O)c1ccccc1CN1C(=O)CNC1=O)C1CCS(=O)(=O)C1. The van der Waals surface area contributed by atoms with Crippen LogP contribution < -0.4 is 5.32 Å². The van der Waals surface area contributed by atoms with Crippen LogP contribution in [0.25, 0.3) is 0 Å². The summed E-state index contributed by atoms with van der Waals surface area (Å²) in [4.78, 5) is 51.7. The second kappa shape index (κ2) is 9.04. The Kier molecular flexibility index (Phi) is 6.63. The summed E-state index contributed by atoms with van der Waals surface area (Å²) in [6.45, 7) is 3.28. The smallest absolute Gasteiger partial charge is 0.339 e. The molecule has 0 aromatic heterocycles. The summed E-state index contributed by atoms with van der Waals surface area (Å²) in [5.41, 5.74) is 0.549. The Hall–Kier alpha value is -2.95. The molecule has 11 heteroatoms. The van der Waals surface area contributed by atoms with E-state index < -0.39 is 45.8 Å². The summed E-state index contributed by atoms with van der Waals surface area (Å²) >= 11 is 0. The molecule has 2 aliphatic heterocycles. The zero-order chi connectivity index (χ0) is 22.8. The van der Waals surface area contributed by atoms with Gasteiger partial charge in [0.05, 0.1) is 30.2 Å². The molecule has 2 aliphatic rings. The van der Waals surface area contributed by atoms with Gasteiger partial charge in [-0.2, -0.15) is 0 Å². The molecule has 1 N–H and O–H groups in total. The third-order valence-corrected chi connectivity index (χ3v) is 7.16. The molecule has 2 saturated heterocycles. The van der Waals surface area contributed by atoms with E-state index in [4.69, 9.17) is 4.74 Å². The number of ether oxygens (including phenoxy) is 1. The van der Waals surface area contributed by atoms with E-state index in [-0.39, 0.29) is 30.2 Å². The number of likely N-dealkylation sites (N-methyl/N-ethyl adjacent to an activating group) is 1. The van der Waals surface area contributed by atoms with Gasteiger partial charge < -0.3 is 15.0 Å². The van der Waals surface area contributed by atoms with Crippen LogP contribution in [-0.4, -0.2) is 78.8 Å². The van der Waals surface area contributed by atoms with E-state index in [0.717, 1.165) is 4.90 Å². The van der Waals surface area contributed by atoms with E-state index in [1.54, 1.807) is 25.1 Å². The summed E-state index contributed by atoms with van der Waals surface area (Å²) in [5, 5.41) is 2.42. The van der Waals surface area contributed by atoms with Gasteiger partial charge in [-0.3, -0.25) is 14.5 Å². The van der Waals surface area contributed by atoms with Crippen LogP contribution in [0.3, 0.4) is 0 Å². The summed E-state index contributed by atoms with van der Waals surface area (Å²) in [5.74, 6) is -1.70. The van der Waals surface area contributed by atoms with Gasteiger partial charge in [0.1, 0.15) is 0 Å². The molecule has 2 heterocycles. The molecule has 2 atom stereocenters. The van der Waals surface area contributed by atoms with Crippen molar-refractivity contribution < 1.29 is 32.3 Å². The highest BCUT2D eigenvalue weighted by molar-refractivity contribution is 7.91. The van der Waals surface area contributed by atoms with Crippen LogP contribution in [0.15, 0.2) is 24.3 Å². The predicted molar refractivity (Wildman–Crippen MR) is 110 cm³/mol. The monoisotopic (exact) mass is 451 g/mol. The maximum atomic E-state index is 12.8. The first-order chi connectivity index (χ1) is 14.6. The molecule has 0 spiro atoms. The number of urea groups is 1. The van der Waals surface area contributed by atoms with E-state index in [1.165, 1.54) is 17.9 Å². The molecule has 0 saturated carbocycles. The Morgan fingerprint density at radius 2 is 2.00 bits per heavy atom. The number of rotatable bonds is 7. The van der Waals surface area contributed by atoms with Crippen LogP contribution >= 0.6 is 0 Å². The van der Waals surface area contributed by atoms with Crippen molar-refractivity contribution >= 4 is 33.7 Å². The second-order valence-electron chi connectivity index (χ2n) is 7.52. The first-order valence-corrected chi connectivity index (χ1v) is 11.8. The Balaban J connectivity index is 1.70. The molecule has 1 aromatic rings. The summed E-state index contributed by atoms with van der Waals surface area (Å²) in [6, 6.07) is 5.40. The summed E-state index contributed by atoms with van der Waals surface area (Å²) < 4.78 is 28.9. The topological polar surface area (TPSA) is 130 Å². The van der Waals surface area contributed by atoms with E-state index in [9.17, 15) is 27.6 Å². The first kappa shape index (κ1) is 22.7. The maximum absolute atomic E-state index is 12.8. The van der Waals surface area contributed by atoms with Gasteiger partial charge in [0.15, 0.2) is 15.9 Å². The second-order valence-corrected chi connectivity index (χ2v) is 9.75. The standard InChI is InChI=1S/C20H25N3O7S/c1-3-22(15-8-9-31(28,29)12-15)18(25)13(2)30-19(26)16-7-5-4-6-14(16)11-23-17(24)10-21-20(23)27/h4-7,13,15H,3,8-12H2,1-2H3,(H,21,27). The number of esters is 1. The molecule has 10 nitrogen and oxygen atoms in total. The number of nitrogens with zero attached hydrogens (tertiary/aromatic N) is 2. The quantitative estimate of drug-likeness (QED) is 0.467. The Labute approximate surface area is 180 Å². The van der Waals surface area contributed by atoms with Gasteiger partial charge >= 0.3 is 12.0 Å². The summed E-state index contributed by atoms with van der Waals surface area (Å²) in [6.07, 6.45) is -0.766. The molecule has 1 aromatic carbocycles. The maximum Gasteiger partial charge on any atom is 0.339 e. The van der Waals surface area contributed by atoms with Gasteiger partial charge in [0.2, 0.25) is 5.91 Å². The first-order valence-electron chi connectivity index (χ1n) is 10.0. The highest BCUT2D eigenvalue weighted by Crippen LogP contribution is 2.20. The average Bonchev–Trinajstić information content (AvgIpc) is 3.24. The largest absolute Gasteiger partial charge is 0.449 e. The molecule has 2 unspecified atom stereocenters. The highest BCUT2D eigenvalue weighted by Gasteiger charge is 2.36. The van der Waals surface area contributed by atoms with Gasteiger partial charge in [-0.25, -0.2) is 18.0 Å². The summed E-state index contributed by atoms with van der Waals surface area (Å²) in [7, 11) is -3.17. The molecule has 31 heavy (non-hydrogen) atoms. The number of imide groups is 1. The van der Waals surface area contributed by atoms with E-state index in [1.807, 2.05) is 0 Å². The minimum absolute atomic E-state index is 0.0335. The van der Waals surface area contributed by atoms with Crippen molar-refractivity contribution in [2.75, 3.05) is 24.6 Å². The molecule has 2 fully saturated rings. The highest BCUT2D eigenvalue weighted by atomic mass is 32.2. The minimum atomic E-state index is -3.17. The molecular formula is C20H25N3O7S. The average molecular weight is 452 g/mol. The molecule has 0 bridgehead atoms. The molecule has 4 amide bonds. The Bertz CT molecular complexity index is 992. The zero-order valence-electron chi connectivity index (χ0n) is 17.4. The number of benzene rings is 1.